The summed E-state index contributed by atoms with van der Waals surface area (Å²) in [6, 6.07) is 5.78. The molecule has 2 aliphatic rings. The maximum Gasteiger partial charge on any atom is 0.267 e. The third-order valence-corrected chi connectivity index (χ3v) is 3.95. The van der Waals surface area contributed by atoms with Crippen LogP contribution in [-0.4, -0.2) is 34.3 Å². The molecule has 2 amide bonds. The Morgan fingerprint density at radius 2 is 2.28 bits per heavy atom. The van der Waals surface area contributed by atoms with E-state index in [1.54, 1.807) is 30.4 Å². The molecule has 2 atom stereocenters. The van der Waals surface area contributed by atoms with Crippen LogP contribution in [0, 0.1) is 11.7 Å². The Kier molecular flexibility index (Phi) is 4.85. The molecule has 2 unspecified atom stereocenters. The monoisotopic (exact) mass is 341 g/mol. The molecule has 1 aromatic rings. The van der Waals surface area contributed by atoms with Gasteiger partial charge in [0.1, 0.15) is 5.82 Å². The molecule has 0 spiro atoms. The van der Waals surface area contributed by atoms with Crippen LogP contribution in [0.3, 0.4) is 0 Å². The highest BCUT2D eigenvalue weighted by Gasteiger charge is 2.33. The van der Waals surface area contributed by atoms with Crippen molar-refractivity contribution in [1.82, 2.24) is 10.4 Å². The number of carbonyl (C=O) groups excluding carboxylic acids is 2. The summed E-state index contributed by atoms with van der Waals surface area (Å²) < 4.78 is 13.3. The zero-order valence-corrected chi connectivity index (χ0v) is 13.2. The van der Waals surface area contributed by atoms with Crippen LogP contribution in [0.15, 0.2) is 65.2 Å². The zero-order chi connectivity index (χ0) is 17.8. The van der Waals surface area contributed by atoms with E-state index in [9.17, 15) is 14.0 Å². The molecule has 0 aromatic heterocycles. The predicted molar refractivity (Wildman–Crippen MR) is 89.0 cm³/mol. The molecule has 1 aliphatic carbocycles. The van der Waals surface area contributed by atoms with Crippen molar-refractivity contribution in [1.29, 1.82) is 0 Å². The van der Waals surface area contributed by atoms with Gasteiger partial charge in [0.15, 0.2) is 0 Å². The van der Waals surface area contributed by atoms with Crippen molar-refractivity contribution >= 4 is 18.2 Å². The van der Waals surface area contributed by atoms with Gasteiger partial charge in [-0.3, -0.25) is 24.7 Å². The van der Waals surface area contributed by atoms with E-state index >= 15 is 0 Å². The van der Waals surface area contributed by atoms with E-state index in [1.807, 2.05) is 0 Å². The topological polar surface area (TPSA) is 82.0 Å². The molecule has 0 bridgehead atoms. The molecule has 6 nitrogen and oxygen atoms in total. The van der Waals surface area contributed by atoms with Gasteiger partial charge in [-0.15, -0.1) is 0 Å². The number of rotatable bonds is 4. The van der Waals surface area contributed by atoms with Crippen molar-refractivity contribution in [3.63, 3.8) is 0 Å². The summed E-state index contributed by atoms with van der Waals surface area (Å²) in [5, 5.41) is 8.49. The maximum absolute atomic E-state index is 13.3. The van der Waals surface area contributed by atoms with Gasteiger partial charge >= 0.3 is 0 Å². The third kappa shape index (κ3) is 3.89. The van der Waals surface area contributed by atoms with Crippen molar-refractivity contribution in [2.75, 3.05) is 0 Å². The molecule has 0 saturated heterocycles. The largest absolute Gasteiger partial charge is 0.298 e. The first kappa shape index (κ1) is 16.8. The van der Waals surface area contributed by atoms with Crippen molar-refractivity contribution in [2.24, 2.45) is 10.9 Å². The minimum atomic E-state index is -0.655. The molecule has 1 heterocycles. The molecule has 128 valence electrons. The Hall–Kier alpha value is -3.06. The van der Waals surface area contributed by atoms with Gasteiger partial charge in [-0.1, -0.05) is 30.4 Å². The number of hydroxylamine groups is 1. The number of allylic oxidation sites excluding steroid dienone is 3. The van der Waals surface area contributed by atoms with E-state index in [0.29, 0.717) is 11.1 Å². The summed E-state index contributed by atoms with van der Waals surface area (Å²) >= 11 is 0. The molecule has 25 heavy (non-hydrogen) atoms. The van der Waals surface area contributed by atoms with Crippen LogP contribution in [-0.2, 0) is 16.1 Å². The summed E-state index contributed by atoms with van der Waals surface area (Å²) in [6.45, 7) is 0.235. The normalized spacial score (nSPS) is 22.1. The highest BCUT2D eigenvalue weighted by atomic mass is 19.1. The number of hydrogen-bond acceptors (Lipinski definition) is 4. The highest BCUT2D eigenvalue weighted by molar-refractivity contribution is 5.94. The number of benzene rings is 1. The third-order valence-electron chi connectivity index (χ3n) is 3.95. The van der Waals surface area contributed by atoms with Crippen molar-refractivity contribution in [2.45, 2.75) is 12.6 Å². The van der Waals surface area contributed by atoms with Crippen LogP contribution in [0.4, 0.5) is 4.39 Å². The molecule has 0 saturated carbocycles. The van der Waals surface area contributed by atoms with Gasteiger partial charge in [-0.2, -0.15) is 0 Å². The molecule has 7 heteroatoms. The Morgan fingerprint density at radius 3 is 3.04 bits per heavy atom. The lowest BCUT2D eigenvalue weighted by Crippen LogP contribution is -2.43. The number of hydrogen-bond donors (Lipinski definition) is 2. The number of halogens is 1. The van der Waals surface area contributed by atoms with Gasteiger partial charge in [0.05, 0.1) is 24.8 Å². The lowest BCUT2D eigenvalue weighted by Gasteiger charge is -2.31. The molecular formula is C18H16FN3O3. The van der Waals surface area contributed by atoms with Gasteiger partial charge in [-0.25, -0.2) is 9.87 Å². The molecule has 1 aliphatic heterocycles. The van der Waals surface area contributed by atoms with Crippen LogP contribution in [0.5, 0.6) is 0 Å². The fourth-order valence-electron chi connectivity index (χ4n) is 2.73. The first-order chi connectivity index (χ1) is 12.1. The van der Waals surface area contributed by atoms with Crippen LogP contribution in [0.25, 0.3) is 0 Å². The van der Waals surface area contributed by atoms with E-state index in [1.165, 1.54) is 34.9 Å². The van der Waals surface area contributed by atoms with Crippen molar-refractivity contribution in [3.8, 4) is 0 Å². The molecule has 1 aromatic carbocycles. The Bertz CT molecular complexity index is 814. The average Bonchev–Trinajstić information content (AvgIpc) is 2.62. The molecule has 0 radical (unpaired) electrons. The lowest BCUT2D eigenvalue weighted by molar-refractivity contribution is -0.131. The number of fused-ring (bicyclic) bond motifs is 1. The van der Waals surface area contributed by atoms with Gasteiger partial charge in [0, 0.05) is 6.08 Å². The Morgan fingerprint density at radius 1 is 1.44 bits per heavy atom. The molecule has 3 rings (SSSR count). The second kappa shape index (κ2) is 7.23. The molecular weight excluding hydrogens is 325 g/mol. The fourth-order valence-corrected chi connectivity index (χ4v) is 2.73. The summed E-state index contributed by atoms with van der Waals surface area (Å²) in [4.78, 5) is 29.6. The second-order valence-corrected chi connectivity index (χ2v) is 5.71. The van der Waals surface area contributed by atoms with Gasteiger partial charge in [0.25, 0.3) is 5.91 Å². The van der Waals surface area contributed by atoms with Crippen LogP contribution < -0.4 is 5.48 Å². The van der Waals surface area contributed by atoms with Crippen LogP contribution in [0.1, 0.15) is 5.56 Å². The van der Waals surface area contributed by atoms with Gasteiger partial charge < -0.3 is 0 Å². The van der Waals surface area contributed by atoms with E-state index in [2.05, 4.69) is 4.99 Å². The summed E-state index contributed by atoms with van der Waals surface area (Å²) in [7, 11) is 0. The van der Waals surface area contributed by atoms with E-state index in [0.717, 1.165) is 6.08 Å². The lowest BCUT2D eigenvalue weighted by atomic mass is 9.89. The zero-order valence-electron chi connectivity index (χ0n) is 13.2. The number of aliphatic imine (C=N–C) groups is 1. The first-order valence-electron chi connectivity index (χ1n) is 7.67. The van der Waals surface area contributed by atoms with E-state index < -0.39 is 11.8 Å². The summed E-state index contributed by atoms with van der Waals surface area (Å²) in [5.74, 6) is -1.64. The summed E-state index contributed by atoms with van der Waals surface area (Å²) in [5.41, 5.74) is 2.84. The average molecular weight is 341 g/mol. The Balaban J connectivity index is 1.76. The minimum Gasteiger partial charge on any atom is -0.298 e. The van der Waals surface area contributed by atoms with Crippen molar-refractivity contribution < 1.29 is 19.2 Å². The first-order valence-corrected chi connectivity index (χ1v) is 7.67. The van der Waals surface area contributed by atoms with Gasteiger partial charge in [0.2, 0.25) is 5.91 Å². The van der Waals surface area contributed by atoms with Crippen LogP contribution >= 0.6 is 0 Å². The number of carbonyl (C=O) groups is 2. The standard InChI is InChI=1S/C18H16FN3O3/c19-14-3-1-2-13(8-14)10-22-11-20-16-6-4-12(5-7-17(23)21-25)9-15(16)18(22)24/h1-9,11,15-16,25H,10H2,(H,21,23)/b7-5+. The molecule has 2 N–H and O–H groups in total. The SMILES string of the molecule is O=C(/C=C/C1=CC2C(=O)N(Cc3cccc(F)c3)C=NC2C=C1)NO. The number of nitrogens with zero attached hydrogens (tertiary/aromatic N) is 2. The van der Waals surface area contributed by atoms with Crippen molar-refractivity contribution in [3.05, 3.63) is 71.6 Å². The van der Waals surface area contributed by atoms with Crippen LogP contribution in [0.2, 0.25) is 0 Å². The summed E-state index contributed by atoms with van der Waals surface area (Å²) in [6.07, 6.45) is 9.42. The quantitative estimate of drug-likeness (QED) is 0.497. The minimum absolute atomic E-state index is 0.147. The second-order valence-electron chi connectivity index (χ2n) is 5.71. The highest BCUT2D eigenvalue weighted by Crippen LogP contribution is 2.26. The Labute approximate surface area is 143 Å². The fraction of sp³-hybridized carbons (Fsp3) is 0.167. The predicted octanol–water partition coefficient (Wildman–Crippen LogP) is 1.74. The maximum atomic E-state index is 13.3. The van der Waals surface area contributed by atoms with E-state index in [4.69, 9.17) is 5.21 Å². The number of nitrogens with one attached hydrogen (secondary N) is 1. The number of amides is 2. The smallest absolute Gasteiger partial charge is 0.267 e. The van der Waals surface area contributed by atoms with Gasteiger partial charge in [-0.05, 0) is 29.3 Å². The van der Waals surface area contributed by atoms with E-state index in [-0.39, 0.29) is 24.3 Å². The molecule has 0 fully saturated rings.